The van der Waals surface area contributed by atoms with Crippen LogP contribution in [0.5, 0.6) is 0 Å². The molecule has 2 nitrogen and oxygen atoms in total. The second kappa shape index (κ2) is 4.23. The van der Waals surface area contributed by atoms with Gasteiger partial charge in [0.2, 0.25) is 0 Å². The Bertz CT molecular complexity index is 363. The van der Waals surface area contributed by atoms with Crippen LogP contribution in [0.15, 0.2) is 12.1 Å². The lowest BCUT2D eigenvalue weighted by atomic mass is 10.1. The summed E-state index contributed by atoms with van der Waals surface area (Å²) in [5.41, 5.74) is -0.509. The number of halogens is 3. The molecule has 1 aromatic rings. The Labute approximate surface area is 78.3 Å². The molecule has 0 aromatic heterocycles. The van der Waals surface area contributed by atoms with Gasteiger partial charge >= 0.3 is 0 Å². The Kier molecular flexibility index (Phi) is 3.24. The minimum Gasteiger partial charge on any atom is -0.377 e. The van der Waals surface area contributed by atoms with Gasteiger partial charge in [-0.05, 0) is 12.1 Å². The maximum Gasteiger partial charge on any atom is 0.195 e. The molecule has 0 radical (unpaired) electrons. The molecule has 0 amide bonds. The molecule has 0 fully saturated rings. The van der Waals surface area contributed by atoms with Crippen LogP contribution in [0, 0.1) is 17.5 Å². The van der Waals surface area contributed by atoms with Crippen molar-refractivity contribution in [2.45, 2.75) is 0 Å². The predicted octanol–water partition coefficient (Wildman–Crippen LogP) is 1.93. The van der Waals surface area contributed by atoms with Crippen molar-refractivity contribution in [3.05, 3.63) is 35.1 Å². The van der Waals surface area contributed by atoms with E-state index in [-0.39, 0.29) is 6.61 Å². The van der Waals surface area contributed by atoms with Crippen molar-refractivity contribution < 1.29 is 22.7 Å². The van der Waals surface area contributed by atoms with Crippen molar-refractivity contribution in [1.29, 1.82) is 0 Å². The molecule has 0 aliphatic rings. The molecule has 14 heavy (non-hydrogen) atoms. The second-order valence-electron chi connectivity index (χ2n) is 2.58. The molecule has 0 bridgehead atoms. The maximum atomic E-state index is 12.9. The molecule has 0 saturated carbocycles. The number of methoxy groups -OCH3 is 1. The molecule has 0 N–H and O–H groups in total. The van der Waals surface area contributed by atoms with Crippen LogP contribution in [0.1, 0.15) is 10.4 Å². The number of benzene rings is 1. The summed E-state index contributed by atoms with van der Waals surface area (Å²) in [4.78, 5) is 11.1. The predicted molar refractivity (Wildman–Crippen MR) is 42.5 cm³/mol. The van der Waals surface area contributed by atoms with Gasteiger partial charge in [-0.3, -0.25) is 4.79 Å². The fourth-order valence-electron chi connectivity index (χ4n) is 0.950. The maximum absolute atomic E-state index is 12.9. The van der Waals surface area contributed by atoms with Crippen LogP contribution in [-0.4, -0.2) is 19.5 Å². The molecule has 76 valence electrons. The second-order valence-corrected chi connectivity index (χ2v) is 2.58. The number of carbonyl (C=O) groups is 1. The summed E-state index contributed by atoms with van der Waals surface area (Å²) in [7, 11) is 1.25. The van der Waals surface area contributed by atoms with Gasteiger partial charge in [0.25, 0.3) is 0 Å². The van der Waals surface area contributed by atoms with Crippen LogP contribution in [0.3, 0.4) is 0 Å². The lowest BCUT2D eigenvalue weighted by Crippen LogP contribution is -2.11. The zero-order chi connectivity index (χ0) is 10.7. The third-order valence-corrected chi connectivity index (χ3v) is 1.61. The Morgan fingerprint density at radius 3 is 2.50 bits per heavy atom. The highest BCUT2D eigenvalue weighted by Crippen LogP contribution is 2.15. The van der Waals surface area contributed by atoms with Crippen LogP contribution >= 0.6 is 0 Å². The van der Waals surface area contributed by atoms with Gasteiger partial charge in [-0.2, -0.15) is 0 Å². The number of carbonyl (C=O) groups excluding carboxylic acids is 1. The average Bonchev–Trinajstić information content (AvgIpc) is 2.15. The largest absolute Gasteiger partial charge is 0.377 e. The van der Waals surface area contributed by atoms with Gasteiger partial charge in [0.1, 0.15) is 6.61 Å². The summed E-state index contributed by atoms with van der Waals surface area (Å²) < 4.78 is 42.5. The van der Waals surface area contributed by atoms with Gasteiger partial charge in [0.05, 0.1) is 5.56 Å². The number of ketones is 1. The van der Waals surface area contributed by atoms with Crippen LogP contribution in [-0.2, 0) is 4.74 Å². The zero-order valence-electron chi connectivity index (χ0n) is 7.31. The van der Waals surface area contributed by atoms with E-state index in [0.29, 0.717) is 6.07 Å². The minimum atomic E-state index is -1.65. The highest BCUT2D eigenvalue weighted by molar-refractivity contribution is 5.97. The fraction of sp³-hybridized carbons (Fsp3) is 0.222. The van der Waals surface area contributed by atoms with E-state index in [1.807, 2.05) is 0 Å². The smallest absolute Gasteiger partial charge is 0.195 e. The van der Waals surface area contributed by atoms with E-state index in [0.717, 1.165) is 6.07 Å². The molecule has 0 heterocycles. The molecule has 1 aromatic carbocycles. The van der Waals surface area contributed by atoms with Crippen molar-refractivity contribution in [2.24, 2.45) is 0 Å². The van der Waals surface area contributed by atoms with Gasteiger partial charge in [0.15, 0.2) is 23.2 Å². The van der Waals surface area contributed by atoms with Crippen molar-refractivity contribution in [1.82, 2.24) is 0 Å². The normalized spacial score (nSPS) is 10.3. The Morgan fingerprint density at radius 1 is 1.29 bits per heavy atom. The SMILES string of the molecule is COCC(=O)c1ccc(F)c(F)c1F. The molecule has 5 heteroatoms. The Hall–Kier alpha value is -1.36. The van der Waals surface area contributed by atoms with Crippen LogP contribution < -0.4 is 0 Å². The monoisotopic (exact) mass is 204 g/mol. The van der Waals surface area contributed by atoms with E-state index in [2.05, 4.69) is 4.74 Å². The number of ether oxygens (including phenoxy) is 1. The molecule has 0 spiro atoms. The van der Waals surface area contributed by atoms with Crippen molar-refractivity contribution in [3.63, 3.8) is 0 Å². The zero-order valence-corrected chi connectivity index (χ0v) is 7.31. The Balaban J connectivity index is 3.11. The van der Waals surface area contributed by atoms with E-state index in [1.165, 1.54) is 7.11 Å². The fourth-order valence-corrected chi connectivity index (χ4v) is 0.950. The van der Waals surface area contributed by atoms with Crippen molar-refractivity contribution >= 4 is 5.78 Å². The number of rotatable bonds is 3. The van der Waals surface area contributed by atoms with Crippen molar-refractivity contribution in [2.75, 3.05) is 13.7 Å². The molecule has 0 aliphatic carbocycles. The summed E-state index contributed by atoms with van der Waals surface area (Å²) >= 11 is 0. The first-order valence-electron chi connectivity index (χ1n) is 3.73. The van der Waals surface area contributed by atoms with E-state index in [4.69, 9.17) is 0 Å². The summed E-state index contributed by atoms with van der Waals surface area (Å²) in [6.07, 6.45) is 0. The first kappa shape index (κ1) is 10.7. The minimum absolute atomic E-state index is 0.373. The van der Waals surface area contributed by atoms with Gasteiger partial charge in [-0.15, -0.1) is 0 Å². The number of hydrogen-bond donors (Lipinski definition) is 0. The Morgan fingerprint density at radius 2 is 1.93 bits per heavy atom. The van der Waals surface area contributed by atoms with E-state index >= 15 is 0 Å². The quantitative estimate of drug-likeness (QED) is 0.555. The average molecular weight is 204 g/mol. The third kappa shape index (κ3) is 1.93. The topological polar surface area (TPSA) is 26.3 Å². The van der Waals surface area contributed by atoms with Gasteiger partial charge in [-0.25, -0.2) is 13.2 Å². The standard InChI is InChI=1S/C9H7F3O2/c1-14-4-7(13)5-2-3-6(10)9(12)8(5)11/h2-3H,4H2,1H3. The van der Waals surface area contributed by atoms with E-state index < -0.39 is 28.8 Å². The molecule has 1 rings (SSSR count). The summed E-state index contributed by atoms with van der Waals surface area (Å²) in [6.45, 7) is -0.373. The summed E-state index contributed by atoms with van der Waals surface area (Å²) in [5.74, 6) is -5.18. The van der Waals surface area contributed by atoms with Gasteiger partial charge in [-0.1, -0.05) is 0 Å². The highest BCUT2D eigenvalue weighted by Gasteiger charge is 2.18. The summed E-state index contributed by atoms with van der Waals surface area (Å²) in [6, 6.07) is 1.58. The van der Waals surface area contributed by atoms with E-state index in [1.54, 1.807) is 0 Å². The molecule has 0 unspecified atom stereocenters. The van der Waals surface area contributed by atoms with E-state index in [9.17, 15) is 18.0 Å². The lowest BCUT2D eigenvalue weighted by Gasteiger charge is -2.02. The first-order valence-corrected chi connectivity index (χ1v) is 3.73. The highest BCUT2D eigenvalue weighted by atomic mass is 19.2. The van der Waals surface area contributed by atoms with Crippen molar-refractivity contribution in [3.8, 4) is 0 Å². The molecule has 0 aliphatic heterocycles. The molecule has 0 saturated heterocycles. The molecule has 0 atom stereocenters. The summed E-state index contributed by atoms with van der Waals surface area (Å²) in [5, 5.41) is 0. The van der Waals surface area contributed by atoms with Gasteiger partial charge in [0, 0.05) is 7.11 Å². The first-order chi connectivity index (χ1) is 6.57. The lowest BCUT2D eigenvalue weighted by molar-refractivity contribution is 0.0842. The molecular weight excluding hydrogens is 197 g/mol. The number of hydrogen-bond acceptors (Lipinski definition) is 2. The third-order valence-electron chi connectivity index (χ3n) is 1.61. The van der Waals surface area contributed by atoms with Crippen LogP contribution in [0.4, 0.5) is 13.2 Å². The van der Waals surface area contributed by atoms with Crippen LogP contribution in [0.2, 0.25) is 0 Å². The van der Waals surface area contributed by atoms with Gasteiger partial charge < -0.3 is 4.74 Å². The van der Waals surface area contributed by atoms with Crippen LogP contribution in [0.25, 0.3) is 0 Å². The number of Topliss-reactive ketones (excluding diaryl/α,β-unsaturated/α-hetero) is 1. The molecular formula is C9H7F3O2.